The minimum atomic E-state index is -1.61. The summed E-state index contributed by atoms with van der Waals surface area (Å²) in [6, 6.07) is 5.18. The van der Waals surface area contributed by atoms with Gasteiger partial charge >= 0.3 is 5.97 Å². The van der Waals surface area contributed by atoms with E-state index in [2.05, 4.69) is 16.4 Å². The Morgan fingerprint density at radius 1 is 1.35 bits per heavy atom. The van der Waals surface area contributed by atoms with E-state index in [1.807, 2.05) is 0 Å². The first kappa shape index (κ1) is 18.3. The molecule has 7 heteroatoms. The Kier molecular flexibility index (Phi) is 7.45. The van der Waals surface area contributed by atoms with E-state index in [-0.39, 0.29) is 0 Å². The van der Waals surface area contributed by atoms with Gasteiger partial charge in [0, 0.05) is 12.2 Å². The lowest BCUT2D eigenvalue weighted by Crippen LogP contribution is -2.43. The number of carbonyl (C=O) groups excluding carboxylic acids is 2. The first-order chi connectivity index (χ1) is 11.1. The van der Waals surface area contributed by atoms with Crippen LogP contribution in [0.3, 0.4) is 0 Å². The van der Waals surface area contributed by atoms with E-state index in [9.17, 15) is 9.59 Å². The van der Waals surface area contributed by atoms with E-state index in [1.54, 1.807) is 37.5 Å². The highest BCUT2D eigenvalue weighted by Gasteiger charge is 2.29. The molecule has 0 aliphatic rings. The smallest absolute Gasteiger partial charge is 0.338 e. The molecule has 1 amide bonds. The maximum absolute atomic E-state index is 12.5. The largest absolute Gasteiger partial charge is 0.711 e. The highest BCUT2D eigenvalue weighted by Crippen LogP contribution is 2.21. The summed E-state index contributed by atoms with van der Waals surface area (Å²) in [5.41, 5.74) is 9.56. The van der Waals surface area contributed by atoms with Crippen LogP contribution in [0.25, 0.3) is 5.53 Å². The van der Waals surface area contributed by atoms with Crippen molar-refractivity contribution >= 4 is 17.6 Å². The molecule has 0 bridgehead atoms. The standard InChI is InChI=1S/C16H20N3O4/c1-4-5-6-11-19(12-7-9-13(22-2)10-8-12)15(20)14(18-17)16(21)23-3/h4,7-10,14H,1,5-6,11H2,2-3H3/q-1. The van der Waals surface area contributed by atoms with Crippen LogP contribution in [0.15, 0.2) is 42.0 Å². The van der Waals surface area contributed by atoms with Crippen LogP contribution in [-0.2, 0) is 14.3 Å². The Labute approximate surface area is 135 Å². The first-order valence-electron chi connectivity index (χ1n) is 7.07. The molecule has 1 aromatic carbocycles. The molecule has 1 unspecified atom stereocenters. The fraction of sp³-hybridized carbons (Fsp3) is 0.375. The van der Waals surface area contributed by atoms with Crippen LogP contribution in [-0.4, -0.2) is 38.7 Å². The fourth-order valence-electron chi connectivity index (χ4n) is 1.98. The molecule has 0 fully saturated rings. The number of unbranched alkanes of at least 4 members (excludes halogenated alkanes) is 1. The third-order valence-corrected chi connectivity index (χ3v) is 3.21. The van der Waals surface area contributed by atoms with Gasteiger partial charge in [0.1, 0.15) is 5.75 Å². The van der Waals surface area contributed by atoms with Gasteiger partial charge in [-0.1, -0.05) is 6.08 Å². The number of allylic oxidation sites excluding steroid dienone is 1. The number of benzene rings is 1. The third-order valence-electron chi connectivity index (χ3n) is 3.21. The fourth-order valence-corrected chi connectivity index (χ4v) is 1.98. The summed E-state index contributed by atoms with van der Waals surface area (Å²) in [5.74, 6) is -0.933. The summed E-state index contributed by atoms with van der Waals surface area (Å²) >= 11 is 0. The molecule has 0 radical (unpaired) electrons. The van der Waals surface area contributed by atoms with Crippen LogP contribution in [0, 0.1) is 0 Å². The van der Waals surface area contributed by atoms with Crippen molar-refractivity contribution in [2.24, 2.45) is 5.11 Å². The summed E-state index contributed by atoms with van der Waals surface area (Å²) in [6.45, 7) is 3.99. The number of ether oxygens (including phenoxy) is 2. The lowest BCUT2D eigenvalue weighted by Gasteiger charge is -2.26. The number of anilines is 1. The number of methoxy groups -OCH3 is 2. The predicted octanol–water partition coefficient (Wildman–Crippen LogP) is 2.56. The molecule has 0 heterocycles. The minimum Gasteiger partial charge on any atom is -0.711 e. The molecule has 1 aromatic rings. The van der Waals surface area contributed by atoms with E-state index >= 15 is 0 Å². The van der Waals surface area contributed by atoms with Gasteiger partial charge in [-0.15, -0.1) is 6.58 Å². The Balaban J connectivity index is 3.06. The zero-order chi connectivity index (χ0) is 17.2. The van der Waals surface area contributed by atoms with E-state index in [4.69, 9.17) is 10.3 Å². The van der Waals surface area contributed by atoms with Crippen LogP contribution in [0.1, 0.15) is 12.8 Å². The topological polar surface area (TPSA) is 90.5 Å². The van der Waals surface area contributed by atoms with Crippen molar-refractivity contribution in [3.05, 3.63) is 42.5 Å². The van der Waals surface area contributed by atoms with Gasteiger partial charge in [0.15, 0.2) is 0 Å². The van der Waals surface area contributed by atoms with Crippen LogP contribution in [0.2, 0.25) is 0 Å². The summed E-state index contributed by atoms with van der Waals surface area (Å²) in [5, 5.41) is 2.86. The lowest BCUT2D eigenvalue weighted by molar-refractivity contribution is -0.145. The van der Waals surface area contributed by atoms with Gasteiger partial charge in [0.2, 0.25) is 6.04 Å². The van der Waals surface area contributed by atoms with Gasteiger partial charge in [-0.05, 0) is 37.1 Å². The van der Waals surface area contributed by atoms with Crippen molar-refractivity contribution in [3.8, 4) is 5.75 Å². The zero-order valence-corrected chi connectivity index (χ0v) is 13.3. The predicted molar refractivity (Wildman–Crippen MR) is 86.4 cm³/mol. The highest BCUT2D eigenvalue weighted by molar-refractivity contribution is 6.09. The zero-order valence-electron chi connectivity index (χ0n) is 13.3. The van der Waals surface area contributed by atoms with E-state index in [0.717, 1.165) is 7.11 Å². The molecule has 0 N–H and O–H groups in total. The van der Waals surface area contributed by atoms with Gasteiger partial charge in [-0.2, -0.15) is 0 Å². The molecule has 124 valence electrons. The van der Waals surface area contributed by atoms with E-state index in [1.165, 1.54) is 4.90 Å². The second-order valence-corrected chi connectivity index (χ2v) is 4.66. The normalized spacial score (nSPS) is 11.2. The second-order valence-electron chi connectivity index (χ2n) is 4.66. The van der Waals surface area contributed by atoms with Crippen LogP contribution >= 0.6 is 0 Å². The molecule has 0 aliphatic carbocycles. The molecule has 1 atom stereocenters. The maximum atomic E-state index is 12.5. The molecule has 1 rings (SSSR count). The van der Waals surface area contributed by atoms with Crippen LogP contribution < -0.4 is 9.64 Å². The lowest BCUT2D eigenvalue weighted by atomic mass is 10.2. The summed E-state index contributed by atoms with van der Waals surface area (Å²) in [6.07, 6.45) is 3.10. The second kappa shape index (κ2) is 9.34. The summed E-state index contributed by atoms with van der Waals surface area (Å²) in [7, 11) is 2.67. The number of nitrogens with zero attached hydrogens (tertiary/aromatic N) is 3. The molecule has 7 nitrogen and oxygen atoms in total. The number of rotatable bonds is 9. The molecular formula is C16H20N3O4-. The van der Waals surface area contributed by atoms with Crippen LogP contribution in [0.4, 0.5) is 5.69 Å². The number of hydrogen-bond donors (Lipinski definition) is 0. The molecule has 0 aromatic heterocycles. The monoisotopic (exact) mass is 318 g/mol. The van der Waals surface area contributed by atoms with Crippen LogP contribution in [0.5, 0.6) is 5.75 Å². The van der Waals surface area contributed by atoms with Crippen molar-refractivity contribution in [2.45, 2.75) is 18.9 Å². The average molecular weight is 318 g/mol. The highest BCUT2D eigenvalue weighted by atomic mass is 16.5. The molecule has 0 saturated carbocycles. The average Bonchev–Trinajstić information content (AvgIpc) is 2.59. The number of esters is 1. The summed E-state index contributed by atoms with van der Waals surface area (Å²) in [4.78, 5) is 25.5. The Morgan fingerprint density at radius 2 is 2.00 bits per heavy atom. The van der Waals surface area contributed by atoms with Crippen molar-refractivity contribution in [1.29, 1.82) is 0 Å². The van der Waals surface area contributed by atoms with Gasteiger partial charge in [0.25, 0.3) is 5.91 Å². The number of carbonyl (C=O) groups is 2. The molecular weight excluding hydrogens is 298 g/mol. The molecule has 23 heavy (non-hydrogen) atoms. The van der Waals surface area contributed by atoms with Crippen molar-refractivity contribution in [2.75, 3.05) is 25.7 Å². The Hall–Kier alpha value is -2.70. The van der Waals surface area contributed by atoms with Crippen molar-refractivity contribution < 1.29 is 19.1 Å². The number of amides is 1. The third kappa shape index (κ3) is 4.91. The maximum Gasteiger partial charge on any atom is 0.338 e. The van der Waals surface area contributed by atoms with Crippen molar-refractivity contribution in [1.82, 2.24) is 0 Å². The molecule has 0 saturated heterocycles. The Morgan fingerprint density at radius 3 is 2.48 bits per heavy atom. The van der Waals surface area contributed by atoms with Gasteiger partial charge in [0.05, 0.1) is 14.2 Å². The van der Waals surface area contributed by atoms with Gasteiger partial charge in [-0.25, -0.2) is 4.79 Å². The van der Waals surface area contributed by atoms with Crippen molar-refractivity contribution in [3.63, 3.8) is 0 Å². The Bertz CT molecular complexity index is 557. The first-order valence-corrected chi connectivity index (χ1v) is 7.07. The quantitative estimate of drug-likeness (QED) is 0.230. The number of hydrogen-bond acceptors (Lipinski definition) is 5. The van der Waals surface area contributed by atoms with Gasteiger partial charge in [-0.3, -0.25) is 4.79 Å². The SMILES string of the molecule is C=CCCCN(C(=O)C(N=[N-])C(=O)OC)c1ccc(OC)cc1. The summed E-state index contributed by atoms with van der Waals surface area (Å²) < 4.78 is 9.58. The molecule has 0 spiro atoms. The molecule has 0 aliphatic heterocycles. The van der Waals surface area contributed by atoms with Gasteiger partial charge < -0.3 is 25.0 Å². The van der Waals surface area contributed by atoms with E-state index < -0.39 is 17.9 Å². The minimum absolute atomic E-state index is 0.347. The van der Waals surface area contributed by atoms with E-state index in [0.29, 0.717) is 30.8 Å².